The van der Waals surface area contributed by atoms with Crippen molar-refractivity contribution in [2.75, 3.05) is 7.11 Å². The lowest BCUT2D eigenvalue weighted by atomic mass is 10.1. The second-order valence-electron chi connectivity index (χ2n) is 4.61. The van der Waals surface area contributed by atoms with E-state index in [2.05, 4.69) is 0 Å². The van der Waals surface area contributed by atoms with Crippen LogP contribution in [0.3, 0.4) is 0 Å². The van der Waals surface area contributed by atoms with E-state index in [0.29, 0.717) is 29.9 Å². The lowest BCUT2D eigenvalue weighted by Crippen LogP contribution is -2.24. The molecule has 1 aromatic heterocycles. The van der Waals surface area contributed by atoms with E-state index in [9.17, 15) is 10.1 Å². The first-order valence-electron chi connectivity index (χ1n) is 6.22. The Kier molecular flexibility index (Phi) is 2.74. The van der Waals surface area contributed by atoms with E-state index in [1.807, 2.05) is 0 Å². The Morgan fingerprint density at radius 1 is 1.26 bits per heavy atom. The molecule has 0 aliphatic heterocycles. The van der Waals surface area contributed by atoms with Crippen LogP contribution < -0.4 is 9.16 Å². The van der Waals surface area contributed by atoms with Crippen LogP contribution in [0.1, 0.15) is 17.8 Å². The summed E-state index contributed by atoms with van der Waals surface area (Å²) in [6, 6.07) is 7.11. The lowest BCUT2D eigenvalue weighted by Gasteiger charge is -2.18. The molecule has 19 heavy (non-hydrogen) atoms. The number of ether oxygens (including phenoxy) is 1. The second-order valence-corrected chi connectivity index (χ2v) is 4.61. The third-order valence-corrected chi connectivity index (χ3v) is 3.52. The number of rotatable bonds is 2. The SMILES string of the molecule is COc1ccc(-c2c[n+](=O)c3c(n2[O-])CCC3)cc1. The number of benzene rings is 1. The summed E-state index contributed by atoms with van der Waals surface area (Å²) >= 11 is 0. The van der Waals surface area contributed by atoms with Crippen molar-refractivity contribution in [2.45, 2.75) is 19.3 Å². The van der Waals surface area contributed by atoms with Gasteiger partial charge in [0.05, 0.1) is 17.2 Å². The van der Waals surface area contributed by atoms with Crippen molar-refractivity contribution >= 4 is 0 Å². The molecule has 1 aliphatic rings. The zero-order valence-corrected chi connectivity index (χ0v) is 10.6. The van der Waals surface area contributed by atoms with Gasteiger partial charge in [0, 0.05) is 16.9 Å². The third-order valence-electron chi connectivity index (χ3n) is 3.52. The van der Waals surface area contributed by atoms with Gasteiger partial charge in [-0.15, -0.1) is 0 Å². The fourth-order valence-electron chi connectivity index (χ4n) is 2.51. The summed E-state index contributed by atoms with van der Waals surface area (Å²) in [7, 11) is 1.59. The first kappa shape index (κ1) is 11.8. The number of fused-ring (bicyclic) bond motifs is 1. The molecule has 98 valence electrons. The predicted molar refractivity (Wildman–Crippen MR) is 70.6 cm³/mol. The highest BCUT2D eigenvalue weighted by atomic mass is 16.5. The summed E-state index contributed by atoms with van der Waals surface area (Å²) in [6.45, 7) is 0. The molecule has 5 heteroatoms. The Morgan fingerprint density at radius 3 is 2.68 bits per heavy atom. The molecule has 1 aliphatic carbocycles. The van der Waals surface area contributed by atoms with Gasteiger partial charge in [0.25, 0.3) is 11.9 Å². The molecule has 0 atom stereocenters. The lowest BCUT2D eigenvalue weighted by molar-refractivity contribution is -0.504. The zero-order valence-electron chi connectivity index (χ0n) is 10.6. The smallest absolute Gasteiger partial charge is 0.258 e. The molecule has 0 radical (unpaired) electrons. The molecule has 0 amide bonds. The molecule has 0 bridgehead atoms. The standard InChI is InChI=1S/C14H14N2O3/c1-19-11-7-5-10(6-8-11)14-9-15(17)12-3-2-4-13(12)16(14)18/h5-9H,2-4H2,1H3. The Hall–Kier alpha value is -2.30. The molecule has 5 nitrogen and oxygen atoms in total. The van der Waals surface area contributed by atoms with Crippen molar-refractivity contribution in [3.8, 4) is 17.0 Å². The van der Waals surface area contributed by atoms with E-state index in [4.69, 9.17) is 4.74 Å². The van der Waals surface area contributed by atoms with E-state index in [-0.39, 0.29) is 0 Å². The van der Waals surface area contributed by atoms with Gasteiger partial charge in [0.1, 0.15) is 11.4 Å². The monoisotopic (exact) mass is 258 g/mol. The van der Waals surface area contributed by atoms with Gasteiger partial charge in [-0.05, 0) is 37.1 Å². The molecule has 0 fully saturated rings. The van der Waals surface area contributed by atoms with Crippen molar-refractivity contribution in [1.29, 1.82) is 0 Å². The molecular weight excluding hydrogens is 244 g/mol. The van der Waals surface area contributed by atoms with Crippen LogP contribution in [0, 0.1) is 10.1 Å². The molecular formula is C14H14N2O3. The highest BCUT2D eigenvalue weighted by Gasteiger charge is 2.25. The zero-order chi connectivity index (χ0) is 13.4. The van der Waals surface area contributed by atoms with Crippen LogP contribution in [0.4, 0.5) is 0 Å². The highest BCUT2D eigenvalue weighted by Crippen LogP contribution is 2.25. The van der Waals surface area contributed by atoms with Gasteiger partial charge >= 0.3 is 0 Å². The summed E-state index contributed by atoms with van der Waals surface area (Å²) in [5.74, 6) is 0.720. The maximum absolute atomic E-state index is 12.3. The molecule has 2 aromatic rings. The summed E-state index contributed by atoms with van der Waals surface area (Å²) < 4.78 is 6.80. The first-order chi connectivity index (χ1) is 9.20. The third kappa shape index (κ3) is 1.87. The Balaban J connectivity index is 2.15. The van der Waals surface area contributed by atoms with Crippen molar-refractivity contribution in [2.24, 2.45) is 0 Å². The molecule has 0 saturated carbocycles. The summed E-state index contributed by atoms with van der Waals surface area (Å²) in [5, 5.41) is 12.3. The van der Waals surface area contributed by atoms with Crippen molar-refractivity contribution in [1.82, 2.24) is 4.73 Å². The van der Waals surface area contributed by atoms with Crippen molar-refractivity contribution < 1.29 is 9.16 Å². The average molecular weight is 258 g/mol. The maximum atomic E-state index is 12.3. The summed E-state index contributed by atoms with van der Waals surface area (Å²) in [4.78, 5) is 11.9. The van der Waals surface area contributed by atoms with Gasteiger partial charge in [-0.3, -0.25) is 0 Å². The van der Waals surface area contributed by atoms with E-state index in [1.54, 1.807) is 31.4 Å². The molecule has 1 heterocycles. The average Bonchev–Trinajstić information content (AvgIpc) is 2.93. The van der Waals surface area contributed by atoms with E-state index >= 15 is 0 Å². The Morgan fingerprint density at radius 2 is 2.00 bits per heavy atom. The molecule has 0 N–H and O–H groups in total. The van der Waals surface area contributed by atoms with Crippen LogP contribution in [-0.2, 0) is 12.8 Å². The fourth-order valence-corrected chi connectivity index (χ4v) is 2.51. The minimum Gasteiger partial charge on any atom is -0.805 e. The quantitative estimate of drug-likeness (QED) is 0.773. The molecule has 0 unspecified atom stereocenters. The largest absolute Gasteiger partial charge is 0.805 e. The van der Waals surface area contributed by atoms with E-state index in [0.717, 1.165) is 26.9 Å². The number of methoxy groups -OCH3 is 1. The first-order valence-corrected chi connectivity index (χ1v) is 6.22. The van der Waals surface area contributed by atoms with Crippen molar-refractivity contribution in [3.05, 3.63) is 52.0 Å². The van der Waals surface area contributed by atoms with Crippen LogP contribution in [-0.4, -0.2) is 11.8 Å². The number of nitrogens with zero attached hydrogens (tertiary/aromatic N) is 2. The van der Waals surface area contributed by atoms with Gasteiger partial charge in [0.2, 0.25) is 0 Å². The van der Waals surface area contributed by atoms with Crippen LogP contribution in [0.15, 0.2) is 30.5 Å². The van der Waals surface area contributed by atoms with Crippen LogP contribution in [0.5, 0.6) is 5.75 Å². The Bertz CT molecular complexity index is 674. The van der Waals surface area contributed by atoms with Gasteiger partial charge in [-0.25, -0.2) is 0 Å². The molecule has 1 aromatic carbocycles. The molecule has 0 spiro atoms. The van der Waals surface area contributed by atoms with Crippen LogP contribution in [0.25, 0.3) is 11.3 Å². The number of aromatic nitrogens is 2. The van der Waals surface area contributed by atoms with Crippen LogP contribution >= 0.6 is 0 Å². The van der Waals surface area contributed by atoms with E-state index < -0.39 is 0 Å². The van der Waals surface area contributed by atoms with Crippen LogP contribution in [0.2, 0.25) is 0 Å². The summed E-state index contributed by atoms with van der Waals surface area (Å²) in [5.41, 5.74) is 2.31. The number of hydrogen-bond donors (Lipinski definition) is 0. The topological polar surface area (TPSA) is 60.2 Å². The summed E-state index contributed by atoms with van der Waals surface area (Å²) in [6.07, 6.45) is 3.58. The Labute approximate surface area is 110 Å². The fraction of sp³-hybridized carbons (Fsp3) is 0.286. The predicted octanol–water partition coefficient (Wildman–Crippen LogP) is 1.91. The maximum Gasteiger partial charge on any atom is 0.258 e. The molecule has 3 rings (SSSR count). The normalized spacial score (nSPS) is 13.3. The van der Waals surface area contributed by atoms with Gasteiger partial charge in [-0.1, -0.05) is 0 Å². The number of hydrogen-bond acceptors (Lipinski definition) is 3. The second kappa shape index (κ2) is 4.42. The molecule has 0 saturated heterocycles. The van der Waals surface area contributed by atoms with E-state index in [1.165, 1.54) is 6.20 Å². The van der Waals surface area contributed by atoms with Gasteiger partial charge in [-0.2, -0.15) is 0 Å². The van der Waals surface area contributed by atoms with Gasteiger partial charge < -0.3 is 14.7 Å². The minimum atomic E-state index is 0.387. The minimum absolute atomic E-state index is 0.387. The highest BCUT2D eigenvalue weighted by molar-refractivity contribution is 5.60. The van der Waals surface area contributed by atoms with Crippen molar-refractivity contribution in [3.63, 3.8) is 0 Å². The van der Waals surface area contributed by atoms with Gasteiger partial charge in [0.15, 0.2) is 0 Å².